The summed E-state index contributed by atoms with van der Waals surface area (Å²) in [5, 5.41) is 0. The fourth-order valence-electron chi connectivity index (χ4n) is 1.95. The van der Waals surface area contributed by atoms with Crippen LogP contribution in [0, 0.1) is 12.8 Å². The Morgan fingerprint density at radius 1 is 1.58 bits per heavy atom. The topological polar surface area (TPSA) is 12.5 Å². The number of likely N-dealkylation sites (tertiary alicyclic amines) is 1. The third-order valence-electron chi connectivity index (χ3n) is 2.48. The lowest BCUT2D eigenvalue weighted by Gasteiger charge is -2.31. The number of nitrogens with zero attached hydrogens (tertiary/aromatic N) is 1. The van der Waals surface area contributed by atoms with Crippen molar-refractivity contribution in [1.29, 1.82) is 0 Å². The predicted octanol–water partition coefficient (Wildman–Crippen LogP) is 1.57. The zero-order valence-corrected chi connectivity index (χ0v) is 8.09. The van der Waals surface area contributed by atoms with Gasteiger partial charge in [0.25, 0.3) is 0 Å². The summed E-state index contributed by atoms with van der Waals surface area (Å²) in [6.45, 7) is 8.43. The lowest BCUT2D eigenvalue weighted by molar-refractivity contribution is 0.0915. The Morgan fingerprint density at radius 2 is 2.42 bits per heavy atom. The summed E-state index contributed by atoms with van der Waals surface area (Å²) in [7, 11) is 1.79. The average Bonchev–Trinajstić information content (AvgIpc) is 2.06. The van der Waals surface area contributed by atoms with E-state index < -0.39 is 0 Å². The standard InChI is InChI=1S/C10H20NO/c1-3-6-11-7-4-5-10(8-11)9-12-2/h10H,1,3-9H2,2H3. The van der Waals surface area contributed by atoms with E-state index in [1.807, 2.05) is 0 Å². The quantitative estimate of drug-likeness (QED) is 0.635. The van der Waals surface area contributed by atoms with E-state index in [-0.39, 0.29) is 0 Å². The first-order valence-corrected chi connectivity index (χ1v) is 4.87. The van der Waals surface area contributed by atoms with Gasteiger partial charge in [-0.2, -0.15) is 0 Å². The lowest BCUT2D eigenvalue weighted by atomic mass is 9.99. The lowest BCUT2D eigenvalue weighted by Crippen LogP contribution is -2.37. The Labute approximate surface area is 75.9 Å². The van der Waals surface area contributed by atoms with Gasteiger partial charge in [-0.15, -0.1) is 0 Å². The summed E-state index contributed by atoms with van der Waals surface area (Å²) in [5.74, 6) is 0.760. The Morgan fingerprint density at radius 3 is 3.08 bits per heavy atom. The number of hydrogen-bond acceptors (Lipinski definition) is 2. The summed E-state index contributed by atoms with van der Waals surface area (Å²) in [5.41, 5.74) is 0. The van der Waals surface area contributed by atoms with Gasteiger partial charge in [-0.1, -0.05) is 6.92 Å². The van der Waals surface area contributed by atoms with Crippen LogP contribution in [0.25, 0.3) is 0 Å². The molecule has 1 saturated heterocycles. The van der Waals surface area contributed by atoms with Crippen LogP contribution in [-0.2, 0) is 4.74 Å². The zero-order chi connectivity index (χ0) is 8.81. The largest absolute Gasteiger partial charge is 0.384 e. The minimum Gasteiger partial charge on any atom is -0.384 e. The molecule has 0 amide bonds. The van der Waals surface area contributed by atoms with E-state index in [1.54, 1.807) is 7.11 Å². The maximum atomic E-state index is 5.17. The third kappa shape index (κ3) is 3.11. The summed E-state index contributed by atoms with van der Waals surface area (Å²) in [6, 6.07) is 0. The van der Waals surface area contributed by atoms with Crippen LogP contribution in [0.3, 0.4) is 0 Å². The number of ether oxygens (including phenoxy) is 1. The van der Waals surface area contributed by atoms with Crippen LogP contribution in [0.5, 0.6) is 0 Å². The highest BCUT2D eigenvalue weighted by Gasteiger charge is 2.18. The number of hydrogen-bond donors (Lipinski definition) is 0. The summed E-state index contributed by atoms with van der Waals surface area (Å²) in [6.07, 6.45) is 3.69. The van der Waals surface area contributed by atoms with Crippen molar-refractivity contribution in [3.63, 3.8) is 0 Å². The summed E-state index contributed by atoms with van der Waals surface area (Å²) < 4.78 is 5.17. The van der Waals surface area contributed by atoms with Crippen LogP contribution in [0.15, 0.2) is 0 Å². The molecule has 0 bridgehead atoms. The van der Waals surface area contributed by atoms with Crippen molar-refractivity contribution in [1.82, 2.24) is 4.90 Å². The maximum Gasteiger partial charge on any atom is 0.0502 e. The van der Waals surface area contributed by atoms with Crippen molar-refractivity contribution < 1.29 is 4.74 Å². The molecule has 2 nitrogen and oxygen atoms in total. The fraction of sp³-hybridized carbons (Fsp3) is 0.900. The Hall–Kier alpha value is -0.0800. The maximum absolute atomic E-state index is 5.17. The Kier molecular flexibility index (Phi) is 4.62. The summed E-state index contributed by atoms with van der Waals surface area (Å²) in [4.78, 5) is 2.50. The van der Waals surface area contributed by atoms with Crippen LogP contribution in [0.1, 0.15) is 19.3 Å². The van der Waals surface area contributed by atoms with Gasteiger partial charge < -0.3 is 9.64 Å². The van der Waals surface area contributed by atoms with Crippen molar-refractivity contribution in [2.45, 2.75) is 19.3 Å². The number of methoxy groups -OCH3 is 1. The molecular formula is C10H20NO. The highest BCUT2D eigenvalue weighted by atomic mass is 16.5. The van der Waals surface area contributed by atoms with Crippen LogP contribution < -0.4 is 0 Å². The minimum absolute atomic E-state index is 0.760. The van der Waals surface area contributed by atoms with Gasteiger partial charge in [0.15, 0.2) is 0 Å². The van der Waals surface area contributed by atoms with Crippen molar-refractivity contribution in [3.8, 4) is 0 Å². The molecule has 0 aromatic rings. The molecule has 1 atom stereocenters. The molecule has 71 valence electrons. The van der Waals surface area contributed by atoms with Gasteiger partial charge in [0, 0.05) is 13.7 Å². The molecule has 0 aliphatic carbocycles. The van der Waals surface area contributed by atoms with Gasteiger partial charge in [-0.3, -0.25) is 0 Å². The predicted molar refractivity (Wildman–Crippen MR) is 51.0 cm³/mol. The molecule has 0 aromatic heterocycles. The smallest absolute Gasteiger partial charge is 0.0502 e. The second-order valence-corrected chi connectivity index (χ2v) is 3.62. The molecule has 1 rings (SSSR count). The third-order valence-corrected chi connectivity index (χ3v) is 2.48. The molecule has 12 heavy (non-hydrogen) atoms. The summed E-state index contributed by atoms with van der Waals surface area (Å²) >= 11 is 0. The number of rotatable bonds is 4. The molecule has 1 unspecified atom stereocenters. The first-order chi connectivity index (χ1) is 5.86. The Balaban J connectivity index is 2.20. The molecule has 0 spiro atoms. The van der Waals surface area contributed by atoms with E-state index in [1.165, 1.54) is 25.9 Å². The molecule has 1 aliphatic rings. The molecule has 0 saturated carbocycles. The average molecular weight is 170 g/mol. The van der Waals surface area contributed by atoms with Crippen LogP contribution in [-0.4, -0.2) is 38.3 Å². The van der Waals surface area contributed by atoms with Gasteiger partial charge >= 0.3 is 0 Å². The highest BCUT2D eigenvalue weighted by molar-refractivity contribution is 4.72. The molecule has 2 heteroatoms. The van der Waals surface area contributed by atoms with Crippen LogP contribution in [0.4, 0.5) is 0 Å². The molecule has 0 N–H and O–H groups in total. The van der Waals surface area contributed by atoms with Crippen LogP contribution in [0.2, 0.25) is 0 Å². The highest BCUT2D eigenvalue weighted by Crippen LogP contribution is 2.16. The second-order valence-electron chi connectivity index (χ2n) is 3.62. The van der Waals surface area contributed by atoms with E-state index in [2.05, 4.69) is 11.8 Å². The van der Waals surface area contributed by atoms with E-state index in [0.717, 1.165) is 25.5 Å². The zero-order valence-electron chi connectivity index (χ0n) is 8.09. The SMILES string of the molecule is [CH2]CCN1CCCC(COC)C1. The fourth-order valence-corrected chi connectivity index (χ4v) is 1.95. The van der Waals surface area contributed by atoms with Gasteiger partial charge in [0.1, 0.15) is 0 Å². The van der Waals surface area contributed by atoms with Crippen molar-refractivity contribution in [3.05, 3.63) is 6.92 Å². The van der Waals surface area contributed by atoms with E-state index in [9.17, 15) is 0 Å². The second kappa shape index (κ2) is 5.55. The van der Waals surface area contributed by atoms with Gasteiger partial charge in [0.2, 0.25) is 0 Å². The van der Waals surface area contributed by atoms with E-state index in [0.29, 0.717) is 0 Å². The van der Waals surface area contributed by atoms with Gasteiger partial charge in [0.05, 0.1) is 6.61 Å². The molecule has 1 aliphatic heterocycles. The number of piperidine rings is 1. The van der Waals surface area contributed by atoms with E-state index >= 15 is 0 Å². The van der Waals surface area contributed by atoms with Gasteiger partial charge in [-0.25, -0.2) is 0 Å². The van der Waals surface area contributed by atoms with Crippen LogP contribution >= 0.6 is 0 Å². The monoisotopic (exact) mass is 170 g/mol. The normalized spacial score (nSPS) is 26.0. The van der Waals surface area contributed by atoms with Gasteiger partial charge in [-0.05, 0) is 38.3 Å². The Bertz CT molecular complexity index is 100. The van der Waals surface area contributed by atoms with E-state index in [4.69, 9.17) is 4.74 Å². The van der Waals surface area contributed by atoms with Crippen molar-refractivity contribution in [2.24, 2.45) is 5.92 Å². The molecule has 1 fully saturated rings. The minimum atomic E-state index is 0.760. The van der Waals surface area contributed by atoms with Crippen molar-refractivity contribution in [2.75, 3.05) is 33.4 Å². The van der Waals surface area contributed by atoms with Crippen molar-refractivity contribution >= 4 is 0 Å². The molecule has 1 radical (unpaired) electrons. The molecule has 1 heterocycles. The molecular weight excluding hydrogens is 150 g/mol. The first-order valence-electron chi connectivity index (χ1n) is 4.87. The first kappa shape index (κ1) is 10.0. The molecule has 0 aromatic carbocycles.